The van der Waals surface area contributed by atoms with Crippen molar-refractivity contribution in [1.82, 2.24) is 4.90 Å². The number of ether oxygens (including phenoxy) is 1. The van der Waals surface area contributed by atoms with Crippen LogP contribution < -0.4 is 0 Å². The summed E-state index contributed by atoms with van der Waals surface area (Å²) in [7, 11) is 0. The van der Waals surface area contributed by atoms with Crippen LogP contribution >= 0.6 is 0 Å². The minimum atomic E-state index is -1.21. The first-order valence-electron chi connectivity index (χ1n) is 7.84. The molecule has 1 N–H and O–H groups in total. The zero-order chi connectivity index (χ0) is 18.9. The van der Waals surface area contributed by atoms with E-state index in [2.05, 4.69) is 0 Å². The minimum absolute atomic E-state index is 0.0118. The SMILES string of the molecule is CC(C)(C)OC(=O)N1C[C@H](Cc2c(F)cc(F)cc2F)C[C@H]1C(=O)O. The molecule has 1 aromatic rings. The number of halogens is 3. The first kappa shape index (κ1) is 19.1. The molecular weight excluding hydrogens is 339 g/mol. The van der Waals surface area contributed by atoms with Gasteiger partial charge in [-0.25, -0.2) is 22.8 Å². The Morgan fingerprint density at radius 1 is 1.24 bits per heavy atom. The number of likely N-dealkylation sites (tertiary alicyclic amines) is 1. The van der Waals surface area contributed by atoms with Gasteiger partial charge in [-0.2, -0.15) is 0 Å². The van der Waals surface area contributed by atoms with Crippen LogP contribution in [0.5, 0.6) is 0 Å². The Bertz CT molecular complexity index is 664. The van der Waals surface area contributed by atoms with Crippen molar-refractivity contribution in [3.8, 4) is 0 Å². The van der Waals surface area contributed by atoms with E-state index in [0.717, 1.165) is 4.90 Å². The molecule has 0 saturated carbocycles. The van der Waals surface area contributed by atoms with Gasteiger partial charge < -0.3 is 9.84 Å². The molecule has 1 saturated heterocycles. The lowest BCUT2D eigenvalue weighted by molar-refractivity contribution is -0.142. The standard InChI is InChI=1S/C17H20F3NO4/c1-17(2,3)25-16(24)21-8-9(5-14(21)15(22)23)4-11-12(19)6-10(18)7-13(11)20/h6-7,9,14H,4-5,8H2,1-3H3,(H,22,23)/t9-,14+/m1/s1. The number of aliphatic carboxylic acids is 1. The molecule has 0 aliphatic carbocycles. The second kappa shape index (κ2) is 6.93. The Labute approximate surface area is 143 Å². The van der Waals surface area contributed by atoms with Crippen LogP contribution in [-0.4, -0.2) is 40.3 Å². The Hall–Kier alpha value is -2.25. The molecule has 0 spiro atoms. The topological polar surface area (TPSA) is 66.8 Å². The highest BCUT2D eigenvalue weighted by atomic mass is 19.1. The number of carbonyl (C=O) groups excluding carboxylic acids is 1. The van der Waals surface area contributed by atoms with Gasteiger partial charge in [-0.3, -0.25) is 4.90 Å². The van der Waals surface area contributed by atoms with Crippen LogP contribution in [0.4, 0.5) is 18.0 Å². The van der Waals surface area contributed by atoms with Crippen LogP contribution in [0.1, 0.15) is 32.8 Å². The van der Waals surface area contributed by atoms with E-state index in [1.807, 2.05) is 0 Å². The van der Waals surface area contributed by atoms with Gasteiger partial charge in [0.15, 0.2) is 0 Å². The highest BCUT2D eigenvalue weighted by Crippen LogP contribution is 2.30. The summed E-state index contributed by atoms with van der Waals surface area (Å²) < 4.78 is 45.8. The Kier molecular flexibility index (Phi) is 5.29. The number of nitrogens with zero attached hydrogens (tertiary/aromatic N) is 1. The van der Waals surface area contributed by atoms with Gasteiger partial charge in [-0.1, -0.05) is 0 Å². The lowest BCUT2D eigenvalue weighted by Gasteiger charge is -2.26. The van der Waals surface area contributed by atoms with Crippen molar-refractivity contribution in [3.63, 3.8) is 0 Å². The number of rotatable bonds is 3. The largest absolute Gasteiger partial charge is 0.480 e. The molecule has 1 aliphatic heterocycles. The van der Waals surface area contributed by atoms with E-state index in [1.54, 1.807) is 20.8 Å². The Morgan fingerprint density at radius 3 is 2.28 bits per heavy atom. The predicted octanol–water partition coefficient (Wildman–Crippen LogP) is 3.36. The van der Waals surface area contributed by atoms with Crippen LogP contribution in [0.15, 0.2) is 12.1 Å². The van der Waals surface area contributed by atoms with Crippen molar-refractivity contribution >= 4 is 12.1 Å². The maximum Gasteiger partial charge on any atom is 0.411 e. The quantitative estimate of drug-likeness (QED) is 0.899. The lowest BCUT2D eigenvalue weighted by Crippen LogP contribution is -2.43. The summed E-state index contributed by atoms with van der Waals surface area (Å²) >= 11 is 0. The fourth-order valence-electron chi connectivity index (χ4n) is 2.88. The zero-order valence-electron chi connectivity index (χ0n) is 14.2. The number of carboxylic acid groups (broad SMARTS) is 1. The van der Waals surface area contributed by atoms with E-state index in [9.17, 15) is 27.9 Å². The van der Waals surface area contributed by atoms with Crippen molar-refractivity contribution in [2.45, 2.75) is 45.3 Å². The molecule has 5 nitrogen and oxygen atoms in total. The third-order valence-corrected chi connectivity index (χ3v) is 3.90. The summed E-state index contributed by atoms with van der Waals surface area (Å²) in [5.74, 6) is -4.78. The monoisotopic (exact) mass is 359 g/mol. The highest BCUT2D eigenvalue weighted by molar-refractivity contribution is 5.81. The summed E-state index contributed by atoms with van der Waals surface area (Å²) in [6, 6.07) is 0.0212. The molecule has 1 aliphatic rings. The summed E-state index contributed by atoms with van der Waals surface area (Å²) in [6.45, 7) is 4.94. The van der Waals surface area contributed by atoms with Gasteiger partial charge in [0.05, 0.1) is 0 Å². The molecule has 0 unspecified atom stereocenters. The van der Waals surface area contributed by atoms with Gasteiger partial charge in [-0.05, 0) is 39.5 Å². The highest BCUT2D eigenvalue weighted by Gasteiger charge is 2.41. The van der Waals surface area contributed by atoms with Gasteiger partial charge in [0.2, 0.25) is 0 Å². The van der Waals surface area contributed by atoms with Gasteiger partial charge in [0, 0.05) is 24.2 Å². The fourth-order valence-corrected chi connectivity index (χ4v) is 2.88. The van der Waals surface area contributed by atoms with E-state index in [-0.39, 0.29) is 24.9 Å². The average Bonchev–Trinajstić information content (AvgIpc) is 2.85. The summed E-state index contributed by atoms with van der Waals surface area (Å²) in [4.78, 5) is 24.7. The Balaban J connectivity index is 2.17. The Morgan fingerprint density at radius 2 is 1.80 bits per heavy atom. The molecule has 1 aromatic carbocycles. The first-order chi connectivity index (χ1) is 11.5. The predicted molar refractivity (Wildman–Crippen MR) is 82.5 cm³/mol. The molecule has 1 fully saturated rings. The fraction of sp³-hybridized carbons (Fsp3) is 0.529. The third kappa shape index (κ3) is 4.64. The molecular formula is C17H20F3NO4. The number of benzene rings is 1. The maximum atomic E-state index is 13.8. The summed E-state index contributed by atoms with van der Waals surface area (Å²) in [6.07, 6.45) is -0.895. The van der Waals surface area contributed by atoms with Crippen molar-refractivity contribution in [3.05, 3.63) is 35.1 Å². The van der Waals surface area contributed by atoms with Crippen molar-refractivity contribution in [2.75, 3.05) is 6.54 Å². The molecule has 0 bridgehead atoms. The van der Waals surface area contributed by atoms with Crippen LogP contribution in [0.3, 0.4) is 0 Å². The third-order valence-electron chi connectivity index (χ3n) is 3.90. The molecule has 138 valence electrons. The molecule has 0 aromatic heterocycles. The van der Waals surface area contributed by atoms with Crippen LogP contribution in [0.25, 0.3) is 0 Å². The average molecular weight is 359 g/mol. The molecule has 2 atom stereocenters. The minimum Gasteiger partial charge on any atom is -0.480 e. The van der Waals surface area contributed by atoms with Crippen LogP contribution in [0, 0.1) is 23.4 Å². The van der Waals surface area contributed by atoms with Crippen molar-refractivity contribution in [1.29, 1.82) is 0 Å². The van der Waals surface area contributed by atoms with E-state index >= 15 is 0 Å². The van der Waals surface area contributed by atoms with E-state index in [1.165, 1.54) is 0 Å². The zero-order valence-corrected chi connectivity index (χ0v) is 14.2. The van der Waals surface area contributed by atoms with Gasteiger partial charge in [-0.15, -0.1) is 0 Å². The second-order valence-corrected chi connectivity index (χ2v) is 7.14. The van der Waals surface area contributed by atoms with E-state index in [4.69, 9.17) is 4.74 Å². The van der Waals surface area contributed by atoms with Crippen molar-refractivity contribution < 1.29 is 32.6 Å². The lowest BCUT2D eigenvalue weighted by atomic mass is 9.96. The number of carboxylic acids is 1. The number of amides is 1. The molecule has 8 heteroatoms. The number of hydrogen-bond donors (Lipinski definition) is 1. The van der Waals surface area contributed by atoms with Gasteiger partial charge in [0.1, 0.15) is 29.1 Å². The normalized spacial score (nSPS) is 20.6. The van der Waals surface area contributed by atoms with Crippen molar-refractivity contribution in [2.24, 2.45) is 5.92 Å². The summed E-state index contributed by atoms with van der Waals surface area (Å²) in [5.41, 5.74) is -1.12. The number of hydrogen-bond acceptors (Lipinski definition) is 3. The van der Waals surface area contributed by atoms with Crippen LogP contribution in [0.2, 0.25) is 0 Å². The maximum absolute atomic E-state index is 13.8. The molecule has 2 rings (SSSR count). The van der Waals surface area contributed by atoms with E-state index < -0.39 is 47.1 Å². The molecule has 25 heavy (non-hydrogen) atoms. The smallest absolute Gasteiger partial charge is 0.411 e. The van der Waals surface area contributed by atoms with E-state index in [0.29, 0.717) is 12.1 Å². The van der Waals surface area contributed by atoms with Gasteiger partial charge in [0.25, 0.3) is 0 Å². The molecule has 1 heterocycles. The van der Waals surface area contributed by atoms with Gasteiger partial charge >= 0.3 is 12.1 Å². The first-order valence-corrected chi connectivity index (χ1v) is 7.84. The molecule has 0 radical (unpaired) electrons. The summed E-state index contributed by atoms with van der Waals surface area (Å²) in [5, 5.41) is 9.31. The van der Waals surface area contributed by atoms with Crippen LogP contribution in [-0.2, 0) is 16.0 Å². The second-order valence-electron chi connectivity index (χ2n) is 7.14. The molecule has 1 amide bonds. The number of carbonyl (C=O) groups is 2.